The van der Waals surface area contributed by atoms with Crippen molar-refractivity contribution >= 4 is 11.8 Å². The molecule has 1 aromatic heterocycles. The average Bonchev–Trinajstić information content (AvgIpc) is 2.64. The van der Waals surface area contributed by atoms with Crippen LogP contribution in [-0.2, 0) is 11.3 Å². The van der Waals surface area contributed by atoms with E-state index in [1.807, 2.05) is 12.3 Å². The smallest absolute Gasteiger partial charge is 0.191 e. The summed E-state index contributed by atoms with van der Waals surface area (Å²) < 4.78 is 5.45. The number of hydrogen-bond acceptors (Lipinski definition) is 4. The number of ether oxygens (including phenoxy) is 1. The van der Waals surface area contributed by atoms with Crippen molar-refractivity contribution in [3.8, 4) is 0 Å². The molecule has 0 spiro atoms. The lowest BCUT2D eigenvalue weighted by Crippen LogP contribution is -2.38. The Labute approximate surface area is 152 Å². The van der Waals surface area contributed by atoms with Crippen molar-refractivity contribution in [3.63, 3.8) is 0 Å². The first-order valence-corrected chi connectivity index (χ1v) is 9.49. The van der Waals surface area contributed by atoms with Gasteiger partial charge in [0.05, 0.1) is 19.8 Å². The largest absolute Gasteiger partial charge is 0.378 e. The van der Waals surface area contributed by atoms with Crippen molar-refractivity contribution in [2.24, 2.45) is 10.9 Å². The molecule has 0 unspecified atom stereocenters. The minimum atomic E-state index is 0.625. The molecule has 0 aromatic carbocycles. The lowest BCUT2D eigenvalue weighted by atomic mass is 10.1. The summed E-state index contributed by atoms with van der Waals surface area (Å²) in [7, 11) is 0. The minimum absolute atomic E-state index is 0.625. The van der Waals surface area contributed by atoms with E-state index in [9.17, 15) is 0 Å². The molecular weight excluding hydrogens is 314 g/mol. The maximum Gasteiger partial charge on any atom is 0.191 e. The maximum absolute atomic E-state index is 5.45. The molecule has 0 amide bonds. The number of guanidine groups is 1. The van der Waals surface area contributed by atoms with E-state index in [1.54, 1.807) is 0 Å². The average molecular weight is 348 g/mol. The molecule has 6 nitrogen and oxygen atoms in total. The fourth-order valence-corrected chi connectivity index (χ4v) is 2.84. The van der Waals surface area contributed by atoms with Crippen LogP contribution in [0.3, 0.4) is 0 Å². The molecule has 1 aliphatic heterocycles. The summed E-state index contributed by atoms with van der Waals surface area (Å²) in [6, 6.07) is 4.10. The first-order valence-electron chi connectivity index (χ1n) is 9.49. The molecular formula is C19H33N5O. The zero-order valence-corrected chi connectivity index (χ0v) is 15.9. The predicted octanol–water partition coefficient (Wildman–Crippen LogP) is 2.41. The molecule has 0 aliphatic carbocycles. The molecule has 0 radical (unpaired) electrons. The van der Waals surface area contributed by atoms with Gasteiger partial charge < -0.3 is 20.3 Å². The van der Waals surface area contributed by atoms with E-state index in [1.165, 1.54) is 6.42 Å². The Morgan fingerprint density at radius 2 is 2.12 bits per heavy atom. The van der Waals surface area contributed by atoms with Crippen LogP contribution in [0.1, 0.15) is 39.2 Å². The van der Waals surface area contributed by atoms with Crippen LogP contribution in [0, 0.1) is 5.92 Å². The highest BCUT2D eigenvalue weighted by atomic mass is 16.5. The van der Waals surface area contributed by atoms with Gasteiger partial charge in [0.25, 0.3) is 0 Å². The first kappa shape index (κ1) is 19.5. The molecule has 1 saturated heterocycles. The van der Waals surface area contributed by atoms with Gasteiger partial charge in [-0.05, 0) is 31.7 Å². The highest BCUT2D eigenvalue weighted by Crippen LogP contribution is 2.19. The Morgan fingerprint density at radius 3 is 2.84 bits per heavy atom. The van der Waals surface area contributed by atoms with Gasteiger partial charge in [0.2, 0.25) is 0 Å². The van der Waals surface area contributed by atoms with Crippen LogP contribution in [-0.4, -0.2) is 50.3 Å². The van der Waals surface area contributed by atoms with Gasteiger partial charge >= 0.3 is 0 Å². The van der Waals surface area contributed by atoms with Gasteiger partial charge in [0, 0.05) is 37.9 Å². The first-order chi connectivity index (χ1) is 12.2. The number of aromatic nitrogens is 1. The third-order valence-corrected chi connectivity index (χ3v) is 4.18. The molecule has 25 heavy (non-hydrogen) atoms. The van der Waals surface area contributed by atoms with Crippen molar-refractivity contribution in [2.45, 2.75) is 40.2 Å². The summed E-state index contributed by atoms with van der Waals surface area (Å²) in [5.74, 6) is 2.65. The molecule has 0 atom stereocenters. The van der Waals surface area contributed by atoms with E-state index in [4.69, 9.17) is 9.73 Å². The van der Waals surface area contributed by atoms with Gasteiger partial charge in [0.15, 0.2) is 5.96 Å². The van der Waals surface area contributed by atoms with Gasteiger partial charge in [0.1, 0.15) is 5.82 Å². The Balaban J connectivity index is 1.96. The fourth-order valence-electron chi connectivity index (χ4n) is 2.84. The Hall–Kier alpha value is -1.82. The van der Waals surface area contributed by atoms with Crippen molar-refractivity contribution in [2.75, 3.05) is 44.3 Å². The topological polar surface area (TPSA) is 61.8 Å². The Morgan fingerprint density at radius 1 is 1.32 bits per heavy atom. The van der Waals surface area contributed by atoms with Crippen molar-refractivity contribution in [1.29, 1.82) is 0 Å². The molecule has 140 valence electrons. The van der Waals surface area contributed by atoms with E-state index >= 15 is 0 Å². The maximum atomic E-state index is 5.45. The summed E-state index contributed by atoms with van der Waals surface area (Å²) >= 11 is 0. The highest BCUT2D eigenvalue weighted by molar-refractivity contribution is 5.79. The Bertz CT molecular complexity index is 526. The fraction of sp³-hybridized carbons (Fsp3) is 0.684. The van der Waals surface area contributed by atoms with Crippen LogP contribution in [0.4, 0.5) is 5.82 Å². The van der Waals surface area contributed by atoms with Crippen molar-refractivity contribution in [1.82, 2.24) is 15.6 Å². The SMILES string of the molecule is CCNC(=NCc1cccnc1N1CCOCC1)NCCCC(C)C. The van der Waals surface area contributed by atoms with Crippen molar-refractivity contribution < 1.29 is 4.74 Å². The second-order valence-corrected chi connectivity index (χ2v) is 6.74. The number of nitrogens with zero attached hydrogens (tertiary/aromatic N) is 3. The zero-order chi connectivity index (χ0) is 17.9. The van der Waals surface area contributed by atoms with Crippen LogP contribution in [0.5, 0.6) is 0 Å². The number of anilines is 1. The van der Waals surface area contributed by atoms with Gasteiger partial charge in [-0.1, -0.05) is 19.9 Å². The summed E-state index contributed by atoms with van der Waals surface area (Å²) in [6.07, 6.45) is 4.25. The lowest BCUT2D eigenvalue weighted by molar-refractivity contribution is 0.122. The van der Waals surface area contributed by atoms with Crippen molar-refractivity contribution in [3.05, 3.63) is 23.9 Å². The second kappa shape index (κ2) is 10.9. The van der Waals surface area contributed by atoms with Crippen LogP contribution < -0.4 is 15.5 Å². The van der Waals surface area contributed by atoms with E-state index in [-0.39, 0.29) is 0 Å². The van der Waals surface area contributed by atoms with E-state index in [0.717, 1.165) is 69.1 Å². The van der Waals surface area contributed by atoms with Gasteiger partial charge in [-0.15, -0.1) is 0 Å². The van der Waals surface area contributed by atoms with Crippen LogP contribution >= 0.6 is 0 Å². The third kappa shape index (κ3) is 6.90. The standard InChI is InChI=1S/C19H33N5O/c1-4-20-19(22-10-5-7-16(2)3)23-15-17-8-6-9-21-18(17)24-11-13-25-14-12-24/h6,8-9,16H,4-5,7,10-15H2,1-3H3,(H2,20,22,23). The number of aliphatic imine (C=N–C) groups is 1. The summed E-state index contributed by atoms with van der Waals surface area (Å²) in [5, 5.41) is 6.76. The van der Waals surface area contributed by atoms with Gasteiger partial charge in [-0.2, -0.15) is 0 Å². The molecule has 6 heteroatoms. The quantitative estimate of drug-likeness (QED) is 0.430. The summed E-state index contributed by atoms with van der Waals surface area (Å²) in [4.78, 5) is 11.6. The number of hydrogen-bond donors (Lipinski definition) is 2. The molecule has 0 saturated carbocycles. The molecule has 2 rings (SSSR count). The van der Waals surface area contributed by atoms with Gasteiger partial charge in [-0.25, -0.2) is 9.98 Å². The monoisotopic (exact) mass is 347 g/mol. The Kier molecular flexibility index (Phi) is 8.52. The lowest BCUT2D eigenvalue weighted by Gasteiger charge is -2.29. The van der Waals surface area contributed by atoms with Gasteiger partial charge in [-0.3, -0.25) is 0 Å². The summed E-state index contributed by atoms with van der Waals surface area (Å²) in [6.45, 7) is 12.4. The van der Waals surface area contributed by atoms with Crippen LogP contribution in [0.15, 0.2) is 23.3 Å². The number of rotatable bonds is 8. The molecule has 2 heterocycles. The molecule has 1 fully saturated rings. The predicted molar refractivity (Wildman–Crippen MR) is 104 cm³/mol. The highest BCUT2D eigenvalue weighted by Gasteiger charge is 2.15. The molecule has 1 aromatic rings. The van der Waals surface area contributed by atoms with E-state index in [2.05, 4.69) is 47.4 Å². The normalized spacial score (nSPS) is 15.5. The summed E-state index contributed by atoms with van der Waals surface area (Å²) in [5.41, 5.74) is 1.16. The van der Waals surface area contributed by atoms with Crippen LogP contribution in [0.2, 0.25) is 0 Å². The number of morpholine rings is 1. The van der Waals surface area contributed by atoms with E-state index in [0.29, 0.717) is 6.54 Å². The second-order valence-electron chi connectivity index (χ2n) is 6.74. The zero-order valence-electron chi connectivity index (χ0n) is 15.9. The number of pyridine rings is 1. The molecule has 0 bridgehead atoms. The minimum Gasteiger partial charge on any atom is -0.378 e. The van der Waals surface area contributed by atoms with Crippen LogP contribution in [0.25, 0.3) is 0 Å². The third-order valence-electron chi connectivity index (χ3n) is 4.18. The van der Waals surface area contributed by atoms with E-state index < -0.39 is 0 Å². The molecule has 2 N–H and O–H groups in total. The molecule has 1 aliphatic rings. The number of nitrogens with one attached hydrogen (secondary N) is 2.